The maximum Gasteiger partial charge on any atom is 0.166 e. The lowest BCUT2D eigenvalue weighted by molar-refractivity contribution is -0.173. The summed E-state index contributed by atoms with van der Waals surface area (Å²) in [4.78, 5) is 10.8. The number of rotatable bonds is 5. The molecule has 3 aromatic rings. The number of nitrogens with two attached hydrogens (primary N) is 1. The maximum absolute atomic E-state index is 13.0. The van der Waals surface area contributed by atoms with Gasteiger partial charge in [0.2, 0.25) is 0 Å². The number of ether oxygens (including phenoxy) is 1. The van der Waals surface area contributed by atoms with E-state index in [0.717, 1.165) is 71.6 Å². The van der Waals surface area contributed by atoms with Gasteiger partial charge in [0.1, 0.15) is 0 Å². The van der Waals surface area contributed by atoms with Crippen LogP contribution in [-0.4, -0.2) is 50.7 Å². The van der Waals surface area contributed by atoms with E-state index in [-0.39, 0.29) is 17.9 Å². The average Bonchev–Trinajstić information content (AvgIpc) is 3.54. The number of phenols is 1. The Bertz CT molecular complexity index is 1490. The molecule has 1 aromatic heterocycles. The van der Waals surface area contributed by atoms with Crippen LogP contribution in [-0.2, 0) is 24.8 Å². The fourth-order valence-corrected chi connectivity index (χ4v) is 8.07. The minimum atomic E-state index is -0.972. The van der Waals surface area contributed by atoms with Crippen molar-refractivity contribution in [2.75, 3.05) is 13.1 Å². The molecule has 2 fully saturated rings. The van der Waals surface area contributed by atoms with Gasteiger partial charge in [-0.15, -0.1) is 0 Å². The van der Waals surface area contributed by atoms with Gasteiger partial charge in [-0.1, -0.05) is 19.1 Å². The number of phenolic OH excluding ortho intramolecular Hbond substituents is 1. The minimum absolute atomic E-state index is 0.0335. The molecule has 1 spiro atoms. The van der Waals surface area contributed by atoms with Gasteiger partial charge in [-0.3, -0.25) is 9.89 Å². The van der Waals surface area contributed by atoms with Gasteiger partial charge >= 0.3 is 0 Å². The number of nitrogens with zero attached hydrogens (tertiary/aromatic N) is 2. The number of aromatic amines is 1. The van der Waals surface area contributed by atoms with Gasteiger partial charge in [0.25, 0.3) is 0 Å². The van der Waals surface area contributed by atoms with E-state index in [1.54, 1.807) is 6.07 Å². The van der Waals surface area contributed by atoms with Crippen molar-refractivity contribution in [1.82, 2.24) is 9.88 Å². The summed E-state index contributed by atoms with van der Waals surface area (Å²) in [5, 5.41) is 24.9. The van der Waals surface area contributed by atoms with E-state index in [2.05, 4.69) is 39.1 Å². The van der Waals surface area contributed by atoms with Crippen LogP contribution < -0.4 is 10.5 Å². The molecule has 1 saturated carbocycles. The Kier molecular flexibility index (Phi) is 4.34. The van der Waals surface area contributed by atoms with Crippen LogP contribution in [0.2, 0.25) is 0 Å². The number of nitrogens with one attached hydrogen (secondary N) is 1. The number of aliphatic imine (C=N–C) groups is 1. The van der Waals surface area contributed by atoms with Crippen molar-refractivity contribution in [3.8, 4) is 11.5 Å². The van der Waals surface area contributed by atoms with Crippen molar-refractivity contribution in [1.29, 1.82) is 0 Å². The number of aromatic nitrogens is 1. The lowest BCUT2D eigenvalue weighted by Gasteiger charge is -2.62. The van der Waals surface area contributed by atoms with Crippen molar-refractivity contribution >= 4 is 16.7 Å². The highest BCUT2D eigenvalue weighted by atomic mass is 16.5. The van der Waals surface area contributed by atoms with E-state index in [0.29, 0.717) is 24.6 Å². The zero-order chi connectivity index (χ0) is 25.1. The van der Waals surface area contributed by atoms with Crippen molar-refractivity contribution in [3.05, 3.63) is 58.3 Å². The molecule has 7 nitrogen and oxygen atoms in total. The van der Waals surface area contributed by atoms with Crippen LogP contribution in [0.15, 0.2) is 35.3 Å². The molecular formula is C30H34N4O3. The molecule has 2 bridgehead atoms. The van der Waals surface area contributed by atoms with Crippen LogP contribution in [0.5, 0.6) is 11.5 Å². The monoisotopic (exact) mass is 498 g/mol. The molecule has 0 amide bonds. The second-order valence-electron chi connectivity index (χ2n) is 12.0. The molecule has 3 aliphatic carbocycles. The smallest absolute Gasteiger partial charge is 0.166 e. The van der Waals surface area contributed by atoms with E-state index in [1.807, 2.05) is 6.92 Å². The Balaban J connectivity index is 1.32. The fraction of sp³-hybridized carbons (Fsp3) is 0.500. The topological polar surface area (TPSA) is 107 Å². The number of likely N-dealkylation sites (tertiary alicyclic amines) is 1. The standard InChI is InChI=1S/C30H34N4O3/c1-2-24(31)32-14-17-5-7-21-19(11-17)20-13-30(36)23-12-18-6-8-22(35)27-25(18)29(30,28(37-27)26(20)33-21)9-10-34(23)15-16-3-4-16/h5-8,11,16,23,28,33,35-36H,2-4,9-10,12-15H2,1H3,(H2,31,32)/t23-,28-,29-,30+/m0/s1. The number of aromatic hydroxyl groups is 1. The van der Waals surface area contributed by atoms with Crippen LogP contribution in [0, 0.1) is 5.92 Å². The van der Waals surface area contributed by atoms with Gasteiger partial charge in [-0.25, -0.2) is 0 Å². The fourth-order valence-electron chi connectivity index (χ4n) is 8.07. The lowest BCUT2D eigenvalue weighted by Crippen LogP contribution is -2.74. The number of amidine groups is 1. The minimum Gasteiger partial charge on any atom is -0.504 e. The summed E-state index contributed by atoms with van der Waals surface area (Å²) >= 11 is 0. The summed E-state index contributed by atoms with van der Waals surface area (Å²) in [5.41, 5.74) is 11.1. The molecule has 3 heterocycles. The first-order valence-corrected chi connectivity index (χ1v) is 13.8. The summed E-state index contributed by atoms with van der Waals surface area (Å²) in [5.74, 6) is 2.17. The predicted octanol–water partition coefficient (Wildman–Crippen LogP) is 3.84. The van der Waals surface area contributed by atoms with Gasteiger partial charge in [0.05, 0.1) is 29.1 Å². The summed E-state index contributed by atoms with van der Waals surface area (Å²) < 4.78 is 6.68. The average molecular weight is 499 g/mol. The Morgan fingerprint density at radius 2 is 2.14 bits per heavy atom. The van der Waals surface area contributed by atoms with Crippen LogP contribution in [0.1, 0.15) is 66.7 Å². The maximum atomic E-state index is 13.0. The zero-order valence-corrected chi connectivity index (χ0v) is 21.3. The Morgan fingerprint density at radius 3 is 2.95 bits per heavy atom. The first-order valence-electron chi connectivity index (χ1n) is 13.8. The van der Waals surface area contributed by atoms with Crippen LogP contribution in [0.3, 0.4) is 0 Å². The molecule has 2 aliphatic heterocycles. The molecule has 5 N–H and O–H groups in total. The summed E-state index contributed by atoms with van der Waals surface area (Å²) in [6.45, 7) is 4.58. The molecular weight excluding hydrogens is 464 g/mol. The number of fused-ring (bicyclic) bond motifs is 4. The SMILES string of the molecule is CCC(N)=NCc1ccc2[nH]c3c(c2c1)C[C@@]1(O)[C@@H]2Cc4ccc(O)c5c4[C@@]1(CCN2CC1CC1)[C@H]3O5. The van der Waals surface area contributed by atoms with Crippen LogP contribution >= 0.6 is 0 Å². The van der Waals surface area contributed by atoms with Gasteiger partial charge < -0.3 is 25.7 Å². The number of aliphatic hydroxyl groups is 1. The Hall–Kier alpha value is -3.03. The lowest BCUT2D eigenvalue weighted by atomic mass is 9.49. The number of H-pyrrole nitrogens is 1. The van der Waals surface area contributed by atoms with Gasteiger partial charge in [-0.05, 0) is 73.0 Å². The highest BCUT2D eigenvalue weighted by Gasteiger charge is 2.72. The Labute approximate surface area is 216 Å². The molecule has 0 radical (unpaired) electrons. The predicted molar refractivity (Wildman–Crippen MR) is 142 cm³/mol. The molecule has 4 atom stereocenters. The first kappa shape index (κ1) is 22.0. The van der Waals surface area contributed by atoms with E-state index in [9.17, 15) is 10.2 Å². The highest BCUT2D eigenvalue weighted by Crippen LogP contribution is 2.69. The van der Waals surface area contributed by atoms with Crippen molar-refractivity contribution in [2.45, 2.75) is 75.2 Å². The van der Waals surface area contributed by atoms with E-state index in [4.69, 9.17) is 10.5 Å². The quantitative estimate of drug-likeness (QED) is 0.316. The third-order valence-corrected chi connectivity index (χ3v) is 10.1. The third-order valence-electron chi connectivity index (χ3n) is 10.1. The van der Waals surface area contributed by atoms with E-state index >= 15 is 0 Å². The van der Waals surface area contributed by atoms with Crippen molar-refractivity contribution in [2.24, 2.45) is 16.6 Å². The van der Waals surface area contributed by atoms with Crippen LogP contribution in [0.25, 0.3) is 10.9 Å². The summed E-state index contributed by atoms with van der Waals surface area (Å²) in [6, 6.07) is 10.3. The van der Waals surface area contributed by atoms with Crippen molar-refractivity contribution in [3.63, 3.8) is 0 Å². The van der Waals surface area contributed by atoms with Crippen LogP contribution in [0.4, 0.5) is 0 Å². The largest absolute Gasteiger partial charge is 0.504 e. The zero-order valence-electron chi connectivity index (χ0n) is 21.3. The number of hydrogen-bond acceptors (Lipinski definition) is 5. The molecule has 37 heavy (non-hydrogen) atoms. The number of benzene rings is 2. The van der Waals surface area contributed by atoms with E-state index < -0.39 is 11.0 Å². The summed E-state index contributed by atoms with van der Waals surface area (Å²) in [6.07, 6.45) is 5.18. The second-order valence-corrected chi connectivity index (χ2v) is 12.0. The Morgan fingerprint density at radius 1 is 1.27 bits per heavy atom. The van der Waals surface area contributed by atoms with Crippen molar-refractivity contribution < 1.29 is 14.9 Å². The van der Waals surface area contributed by atoms with Gasteiger partial charge in [0.15, 0.2) is 17.6 Å². The third kappa shape index (κ3) is 2.76. The molecule has 7 heteroatoms. The summed E-state index contributed by atoms with van der Waals surface area (Å²) in [7, 11) is 0. The normalized spacial score (nSPS) is 31.8. The highest BCUT2D eigenvalue weighted by molar-refractivity contribution is 5.87. The number of hydrogen-bond donors (Lipinski definition) is 4. The number of piperidine rings is 1. The second kappa shape index (κ2) is 7.29. The molecule has 5 aliphatic rings. The van der Waals surface area contributed by atoms with Gasteiger partial charge in [-0.2, -0.15) is 0 Å². The molecule has 8 rings (SSSR count). The molecule has 2 aromatic carbocycles. The van der Waals surface area contributed by atoms with Gasteiger partial charge in [0, 0.05) is 41.9 Å². The first-order chi connectivity index (χ1) is 17.9. The molecule has 0 unspecified atom stereocenters. The molecule has 1 saturated heterocycles. The molecule has 192 valence electrons. The van der Waals surface area contributed by atoms with E-state index in [1.165, 1.54) is 18.4 Å².